The van der Waals surface area contributed by atoms with E-state index in [-0.39, 0.29) is 68.1 Å². The van der Waals surface area contributed by atoms with Crippen LogP contribution < -0.4 is 25.2 Å². The number of likely N-dealkylation sites (tertiary alicyclic amines) is 1. The van der Waals surface area contributed by atoms with Crippen molar-refractivity contribution in [2.45, 2.75) is 90.3 Å². The molecule has 24 heteroatoms. The van der Waals surface area contributed by atoms with Gasteiger partial charge in [-0.25, -0.2) is 24.2 Å². The van der Waals surface area contributed by atoms with Crippen LogP contribution in [0.2, 0.25) is 0 Å². The van der Waals surface area contributed by atoms with Crippen LogP contribution in [0.3, 0.4) is 0 Å². The Bertz CT molecular complexity index is 2640. The van der Waals surface area contributed by atoms with E-state index in [1.54, 1.807) is 37.6 Å². The number of aryl methyl sites for hydroxylation is 1. The summed E-state index contributed by atoms with van der Waals surface area (Å²) in [5.74, 6) is -4.90. The second-order valence-electron chi connectivity index (χ2n) is 17.6. The van der Waals surface area contributed by atoms with Gasteiger partial charge >= 0.3 is 18.1 Å². The first-order valence-electron chi connectivity index (χ1n) is 22.2. The van der Waals surface area contributed by atoms with Gasteiger partial charge in [0, 0.05) is 45.4 Å². The molecule has 3 N–H and O–H groups in total. The number of β-amino-alcohol motifs (C(OH)–C–C–N with tert-alkyl or cyclic N) is 1. The fourth-order valence-corrected chi connectivity index (χ4v) is 8.89. The summed E-state index contributed by atoms with van der Waals surface area (Å²) in [6.07, 6.45) is -4.07. The maximum absolute atomic E-state index is 15.3. The van der Waals surface area contributed by atoms with Gasteiger partial charge in [0.25, 0.3) is 0 Å². The number of pyridine rings is 1. The lowest BCUT2D eigenvalue weighted by Gasteiger charge is -2.35. The maximum atomic E-state index is 15.3. The van der Waals surface area contributed by atoms with Crippen LogP contribution in [0.4, 0.5) is 37.7 Å². The number of carbonyl (C=O) groups excluding carboxylic acids is 4. The summed E-state index contributed by atoms with van der Waals surface area (Å²) >= 11 is 6.57. The van der Waals surface area contributed by atoms with Crippen molar-refractivity contribution in [3.8, 4) is 22.3 Å². The van der Waals surface area contributed by atoms with Crippen LogP contribution in [-0.4, -0.2) is 113 Å². The molecule has 1 unspecified atom stereocenters. The molecule has 380 valence electrons. The molecule has 0 aliphatic carbocycles. The monoisotopic (exact) mass is 1030 g/mol. The zero-order valence-corrected chi connectivity index (χ0v) is 40.5. The molecule has 0 saturated carbocycles. The molecule has 4 heterocycles. The number of thiazole rings is 1. The van der Waals surface area contributed by atoms with E-state index in [1.165, 1.54) is 11.0 Å². The summed E-state index contributed by atoms with van der Waals surface area (Å²) in [6, 6.07) is 5.52. The van der Waals surface area contributed by atoms with Crippen molar-refractivity contribution in [2.75, 3.05) is 49.4 Å². The lowest BCUT2D eigenvalue weighted by atomic mass is 9.85. The fourth-order valence-electron chi connectivity index (χ4n) is 7.67. The highest BCUT2D eigenvalue weighted by atomic mass is 32.1. The molecule has 0 spiro atoms. The van der Waals surface area contributed by atoms with Crippen molar-refractivity contribution in [1.29, 1.82) is 5.26 Å². The Hall–Kier alpha value is -6.26. The zero-order valence-electron chi connectivity index (χ0n) is 38.9. The lowest BCUT2D eigenvalue weighted by molar-refractivity contribution is -0.144. The number of carbonyl (C=O) groups is 4. The van der Waals surface area contributed by atoms with Gasteiger partial charge in [0.15, 0.2) is 22.4 Å². The van der Waals surface area contributed by atoms with Crippen molar-refractivity contribution in [1.82, 2.24) is 25.5 Å². The molecule has 2 saturated heterocycles. The number of nitriles is 1. The fraction of sp³-hybridized carbons (Fsp3) is 0.447. The number of hydrogen-bond donors (Lipinski definition) is 3. The highest BCUT2D eigenvalue weighted by Gasteiger charge is 2.59. The van der Waals surface area contributed by atoms with Gasteiger partial charge in [-0.05, 0) is 73.1 Å². The van der Waals surface area contributed by atoms with Crippen molar-refractivity contribution in [2.24, 2.45) is 5.41 Å². The number of ether oxygens (including phenoxy) is 3. The molecule has 6 rings (SSSR count). The Morgan fingerprint density at radius 1 is 1.00 bits per heavy atom. The summed E-state index contributed by atoms with van der Waals surface area (Å²) in [4.78, 5) is 63.1. The zero-order chi connectivity index (χ0) is 51.8. The molecule has 0 radical (unpaired) electrons. The number of benzene rings is 2. The molecule has 2 aromatic carbocycles. The number of aromatic nitrogens is 2. The molecule has 4 amide bonds. The molecular weight excluding hydrogens is 983 g/mol. The van der Waals surface area contributed by atoms with Crippen LogP contribution in [0.15, 0.2) is 60.2 Å². The average molecular weight is 1030 g/mol. The van der Waals surface area contributed by atoms with E-state index in [9.17, 15) is 37.5 Å². The Balaban J connectivity index is 0.879. The minimum atomic E-state index is -5.10. The van der Waals surface area contributed by atoms with E-state index in [4.69, 9.17) is 31.7 Å². The number of nitrogens with zero attached hydrogens (tertiary/aromatic N) is 6. The van der Waals surface area contributed by atoms with E-state index in [0.29, 0.717) is 37.6 Å². The van der Waals surface area contributed by atoms with Crippen LogP contribution in [0.1, 0.15) is 69.0 Å². The van der Waals surface area contributed by atoms with Crippen molar-refractivity contribution in [3.05, 3.63) is 88.6 Å². The number of alkyl halides is 5. The van der Waals surface area contributed by atoms with Crippen LogP contribution in [0.25, 0.3) is 10.4 Å². The quantitative estimate of drug-likeness (QED) is 0.0368. The number of aliphatic hydroxyl groups excluding tert-OH is 1. The molecule has 2 aliphatic heterocycles. The van der Waals surface area contributed by atoms with Crippen LogP contribution in [0.5, 0.6) is 5.75 Å². The molecule has 16 nitrogen and oxygen atoms in total. The van der Waals surface area contributed by atoms with Gasteiger partial charge in [0.05, 0.1) is 51.9 Å². The van der Waals surface area contributed by atoms with Crippen LogP contribution >= 0.6 is 23.6 Å². The molecule has 3 atom stereocenters. The van der Waals surface area contributed by atoms with Gasteiger partial charge in [0.2, 0.25) is 17.7 Å². The first kappa shape index (κ1) is 54.1. The van der Waals surface area contributed by atoms with Crippen LogP contribution in [-0.2, 0) is 41.4 Å². The number of amides is 4. The van der Waals surface area contributed by atoms with Gasteiger partial charge in [0.1, 0.15) is 24.8 Å². The molecule has 2 fully saturated rings. The van der Waals surface area contributed by atoms with Crippen molar-refractivity contribution < 1.29 is 64.8 Å². The van der Waals surface area contributed by atoms with E-state index in [1.807, 2.05) is 31.2 Å². The second kappa shape index (κ2) is 22.9. The Labute approximate surface area is 413 Å². The summed E-state index contributed by atoms with van der Waals surface area (Å²) in [7, 11) is 0. The third-order valence-corrected chi connectivity index (χ3v) is 12.6. The number of halogens is 6. The number of aliphatic hydroxyl groups is 1. The number of unbranched alkanes of at least 4 members (excludes halogenated alkanes) is 1. The smallest absolute Gasteiger partial charge is 0.419 e. The summed E-state index contributed by atoms with van der Waals surface area (Å²) in [6.45, 7) is 7.76. The van der Waals surface area contributed by atoms with Gasteiger partial charge in [-0.3, -0.25) is 19.2 Å². The molecule has 2 aromatic heterocycles. The topological polar surface area (TPSA) is 200 Å². The second-order valence-corrected chi connectivity index (χ2v) is 18.9. The van der Waals surface area contributed by atoms with Gasteiger partial charge in [-0.15, -0.1) is 11.3 Å². The standard InChI is InChI=1S/C47H50F6N8O8S2/c1-27-39(71-26-57-27)29-10-8-28(9-11-29)22-56-41(64)36-20-32(62)24-59(36)42(65)40(45(2,3)4)58-38(63)25-68-16-7-15-67-14-5-6-17-69-37-13-12-30(19-34(37)48)61-44(70)60(43(66)47(61,52)53)31-18-33(46(49,50)51)35(21-54)55-23-31/h8-13,18-19,23,26,32,36,40,62H,5-7,14-17,20,22,24-25H2,1-4H3,(H,56,64)(H,58,63)/t32-,36+,40?/m1/s1. The molecular formula is C47H50F6N8O8S2. The SMILES string of the molecule is Cc1ncsc1-c1ccc(CNC(=O)[C@@H]2C[C@@H](O)CN2C(=O)C(NC(=O)COCCCOCCCCOc2ccc(N3C(=S)N(c4cnc(C#N)c(C(F)(F)F)c4)C(=O)C3(F)F)cc2F)C(C)(C)C)cc1. The predicted molar refractivity (Wildman–Crippen MR) is 250 cm³/mol. The number of rotatable bonds is 20. The summed E-state index contributed by atoms with van der Waals surface area (Å²) < 4.78 is 103. The first-order chi connectivity index (χ1) is 33.5. The molecule has 2 aliphatic rings. The van der Waals surface area contributed by atoms with E-state index in [2.05, 4.69) is 20.6 Å². The van der Waals surface area contributed by atoms with Gasteiger partial charge in [-0.2, -0.15) is 27.2 Å². The first-order valence-corrected chi connectivity index (χ1v) is 23.5. The third kappa shape index (κ3) is 13.0. The maximum Gasteiger partial charge on any atom is 0.419 e. The van der Waals surface area contributed by atoms with Gasteiger partial charge < -0.3 is 34.9 Å². The van der Waals surface area contributed by atoms with Gasteiger partial charge in [-0.1, -0.05) is 45.0 Å². The van der Waals surface area contributed by atoms with E-state index >= 15 is 13.2 Å². The Morgan fingerprint density at radius 2 is 1.69 bits per heavy atom. The average Bonchev–Trinajstić information content (AvgIpc) is 3.98. The van der Waals surface area contributed by atoms with E-state index in [0.717, 1.165) is 33.8 Å². The number of anilines is 2. The Morgan fingerprint density at radius 3 is 2.34 bits per heavy atom. The minimum absolute atomic E-state index is 0.00392. The Kier molecular flexibility index (Phi) is 17.4. The lowest BCUT2D eigenvalue weighted by Crippen LogP contribution is -2.58. The van der Waals surface area contributed by atoms with Crippen LogP contribution in [0, 0.1) is 29.5 Å². The number of nitrogens with one attached hydrogen (secondary N) is 2. The predicted octanol–water partition coefficient (Wildman–Crippen LogP) is 6.67. The van der Waals surface area contributed by atoms with Crippen molar-refractivity contribution >= 4 is 63.7 Å². The summed E-state index contributed by atoms with van der Waals surface area (Å²) in [5.41, 5.74) is -0.164. The molecule has 4 aromatic rings. The van der Waals surface area contributed by atoms with Crippen molar-refractivity contribution in [3.63, 3.8) is 0 Å². The summed E-state index contributed by atoms with van der Waals surface area (Å²) in [5, 5.41) is 24.2. The normalized spacial score (nSPS) is 17.4. The minimum Gasteiger partial charge on any atom is -0.491 e. The largest absolute Gasteiger partial charge is 0.491 e. The van der Waals surface area contributed by atoms with E-state index < -0.39 is 93.0 Å². The molecule has 71 heavy (non-hydrogen) atoms. The number of hydrogen-bond acceptors (Lipinski definition) is 13. The third-order valence-electron chi connectivity index (χ3n) is 11.3. The molecule has 0 bridgehead atoms. The number of thiocarbonyl (C=S) groups is 1. The highest BCUT2D eigenvalue weighted by molar-refractivity contribution is 7.81. The highest BCUT2D eigenvalue weighted by Crippen LogP contribution is 2.41.